The lowest BCUT2D eigenvalue weighted by atomic mass is 10.1. The molecule has 0 aromatic heterocycles. The molecule has 3 heteroatoms. The van der Waals surface area contributed by atoms with E-state index in [0.29, 0.717) is 6.10 Å². The third-order valence-electron chi connectivity index (χ3n) is 2.92. The fraction of sp³-hybridized carbons (Fsp3) is 0.900. The van der Waals surface area contributed by atoms with Crippen LogP contribution in [0.15, 0.2) is 0 Å². The van der Waals surface area contributed by atoms with Crippen molar-refractivity contribution in [2.24, 2.45) is 0 Å². The first-order chi connectivity index (χ1) is 6.36. The first kappa shape index (κ1) is 9.00. The van der Waals surface area contributed by atoms with Crippen molar-refractivity contribution in [3.8, 4) is 0 Å². The third-order valence-corrected chi connectivity index (χ3v) is 2.92. The fourth-order valence-electron chi connectivity index (χ4n) is 2.12. The molecule has 2 aliphatic heterocycles. The van der Waals surface area contributed by atoms with Crippen LogP contribution in [0.4, 0.5) is 0 Å². The van der Waals surface area contributed by atoms with Crippen molar-refractivity contribution < 1.29 is 4.74 Å². The molecule has 2 aliphatic rings. The van der Waals surface area contributed by atoms with Crippen molar-refractivity contribution in [3.63, 3.8) is 0 Å². The van der Waals surface area contributed by atoms with Crippen LogP contribution in [0.3, 0.4) is 0 Å². The highest BCUT2D eigenvalue weighted by Gasteiger charge is 2.22. The second-order valence-corrected chi connectivity index (χ2v) is 3.98. The largest absolute Gasteiger partial charge is 0.376 e. The van der Waals surface area contributed by atoms with Gasteiger partial charge < -0.3 is 9.64 Å². The molecule has 1 unspecified atom stereocenters. The topological polar surface area (TPSA) is 36.3 Å². The molecular formula is C10H18N2O. The van der Waals surface area contributed by atoms with Crippen LogP contribution in [0.1, 0.15) is 32.1 Å². The Kier molecular flexibility index (Phi) is 2.83. The molecule has 0 bridgehead atoms. The van der Waals surface area contributed by atoms with Gasteiger partial charge in [-0.15, -0.1) is 0 Å². The van der Waals surface area contributed by atoms with E-state index in [1.807, 2.05) is 0 Å². The molecule has 3 nitrogen and oxygen atoms in total. The number of rotatable bonds is 2. The first-order valence-electron chi connectivity index (χ1n) is 5.30. The van der Waals surface area contributed by atoms with Gasteiger partial charge in [-0.3, -0.25) is 5.41 Å². The summed E-state index contributed by atoms with van der Waals surface area (Å²) in [6, 6.07) is 0. The Labute approximate surface area is 79.6 Å². The van der Waals surface area contributed by atoms with E-state index in [1.54, 1.807) is 0 Å². The van der Waals surface area contributed by atoms with Gasteiger partial charge in [-0.25, -0.2) is 0 Å². The van der Waals surface area contributed by atoms with Crippen molar-refractivity contribution in [1.82, 2.24) is 4.90 Å². The van der Waals surface area contributed by atoms with Crippen molar-refractivity contribution in [2.75, 3.05) is 19.7 Å². The van der Waals surface area contributed by atoms with Gasteiger partial charge in [0.1, 0.15) is 0 Å². The quantitative estimate of drug-likeness (QED) is 0.704. The molecule has 2 heterocycles. The molecule has 0 spiro atoms. The van der Waals surface area contributed by atoms with Gasteiger partial charge in [0.05, 0.1) is 11.9 Å². The second-order valence-electron chi connectivity index (χ2n) is 3.98. The van der Waals surface area contributed by atoms with E-state index in [9.17, 15) is 0 Å². The summed E-state index contributed by atoms with van der Waals surface area (Å²) in [5.74, 6) is 0.821. The number of nitrogens with zero attached hydrogens (tertiary/aromatic N) is 1. The SMILES string of the molecule is N=C1CCCCN1CC1CCCO1. The minimum atomic E-state index is 0.401. The van der Waals surface area contributed by atoms with Crippen LogP contribution in [0.5, 0.6) is 0 Å². The van der Waals surface area contributed by atoms with E-state index in [0.717, 1.165) is 32.0 Å². The van der Waals surface area contributed by atoms with E-state index >= 15 is 0 Å². The molecule has 0 saturated carbocycles. The lowest BCUT2D eigenvalue weighted by Crippen LogP contribution is -2.39. The van der Waals surface area contributed by atoms with Crippen LogP contribution in [0.2, 0.25) is 0 Å². The maximum Gasteiger partial charge on any atom is 0.0958 e. The van der Waals surface area contributed by atoms with Gasteiger partial charge in [0, 0.05) is 26.1 Å². The summed E-state index contributed by atoms with van der Waals surface area (Å²) in [5.41, 5.74) is 0. The van der Waals surface area contributed by atoms with Crippen molar-refractivity contribution in [3.05, 3.63) is 0 Å². The molecule has 0 aliphatic carbocycles. The molecule has 1 atom stereocenters. The number of hydrogen-bond donors (Lipinski definition) is 1. The second kappa shape index (κ2) is 4.09. The van der Waals surface area contributed by atoms with Crippen molar-refractivity contribution in [1.29, 1.82) is 5.41 Å². The minimum absolute atomic E-state index is 0.401. The number of piperidine rings is 1. The van der Waals surface area contributed by atoms with Gasteiger partial charge >= 0.3 is 0 Å². The summed E-state index contributed by atoms with van der Waals surface area (Å²) < 4.78 is 5.57. The first-order valence-corrected chi connectivity index (χ1v) is 5.30. The Bertz CT molecular complexity index is 187. The average Bonchev–Trinajstić information content (AvgIpc) is 2.61. The zero-order valence-electron chi connectivity index (χ0n) is 8.09. The highest BCUT2D eigenvalue weighted by atomic mass is 16.5. The molecule has 74 valence electrons. The normalized spacial score (nSPS) is 29.7. The van der Waals surface area contributed by atoms with Gasteiger partial charge in [-0.2, -0.15) is 0 Å². The maximum atomic E-state index is 7.78. The van der Waals surface area contributed by atoms with Gasteiger partial charge in [-0.1, -0.05) is 0 Å². The molecule has 2 saturated heterocycles. The minimum Gasteiger partial charge on any atom is -0.376 e. The van der Waals surface area contributed by atoms with Crippen LogP contribution in [-0.2, 0) is 4.74 Å². The Hall–Kier alpha value is -0.570. The number of ether oxygens (including phenoxy) is 1. The number of amidine groups is 1. The van der Waals surface area contributed by atoms with Crippen molar-refractivity contribution in [2.45, 2.75) is 38.2 Å². The van der Waals surface area contributed by atoms with E-state index < -0.39 is 0 Å². The molecule has 0 aromatic rings. The number of likely N-dealkylation sites (tertiary alicyclic amines) is 1. The van der Waals surface area contributed by atoms with Crippen molar-refractivity contribution >= 4 is 5.84 Å². The van der Waals surface area contributed by atoms with Gasteiger partial charge in [0.2, 0.25) is 0 Å². The molecule has 0 aromatic carbocycles. The number of hydrogen-bond acceptors (Lipinski definition) is 2. The Balaban J connectivity index is 1.81. The van der Waals surface area contributed by atoms with Gasteiger partial charge in [-0.05, 0) is 25.7 Å². The summed E-state index contributed by atoms with van der Waals surface area (Å²) in [5, 5.41) is 7.78. The Morgan fingerprint density at radius 3 is 3.00 bits per heavy atom. The molecule has 2 rings (SSSR count). The lowest BCUT2D eigenvalue weighted by molar-refractivity contribution is 0.0887. The molecule has 2 fully saturated rings. The van der Waals surface area contributed by atoms with E-state index in [2.05, 4.69) is 4.90 Å². The van der Waals surface area contributed by atoms with Crippen LogP contribution < -0.4 is 0 Å². The third kappa shape index (κ3) is 2.21. The van der Waals surface area contributed by atoms with Crippen LogP contribution >= 0.6 is 0 Å². The highest BCUT2D eigenvalue weighted by Crippen LogP contribution is 2.17. The fourth-order valence-corrected chi connectivity index (χ4v) is 2.12. The molecule has 13 heavy (non-hydrogen) atoms. The van der Waals surface area contributed by atoms with Gasteiger partial charge in [0.15, 0.2) is 0 Å². The molecule has 1 N–H and O–H groups in total. The molecule has 0 radical (unpaired) electrons. The van der Waals surface area contributed by atoms with Gasteiger partial charge in [0.25, 0.3) is 0 Å². The maximum absolute atomic E-state index is 7.78. The van der Waals surface area contributed by atoms with Crippen LogP contribution in [0.25, 0.3) is 0 Å². The lowest BCUT2D eigenvalue weighted by Gasteiger charge is -2.31. The van der Waals surface area contributed by atoms with Crippen LogP contribution in [0, 0.1) is 5.41 Å². The van der Waals surface area contributed by atoms with E-state index in [1.165, 1.54) is 25.7 Å². The average molecular weight is 182 g/mol. The summed E-state index contributed by atoms with van der Waals surface area (Å²) >= 11 is 0. The van der Waals surface area contributed by atoms with E-state index in [4.69, 9.17) is 10.1 Å². The Morgan fingerprint density at radius 1 is 1.38 bits per heavy atom. The molecule has 0 amide bonds. The summed E-state index contributed by atoms with van der Waals surface area (Å²) in [4.78, 5) is 2.19. The summed E-state index contributed by atoms with van der Waals surface area (Å²) in [6.45, 7) is 2.95. The zero-order chi connectivity index (χ0) is 9.10. The summed E-state index contributed by atoms with van der Waals surface area (Å²) in [6.07, 6.45) is 6.19. The zero-order valence-corrected chi connectivity index (χ0v) is 8.09. The standard InChI is InChI=1S/C10H18N2O/c11-10-5-1-2-6-12(10)8-9-4-3-7-13-9/h9,11H,1-8H2. The van der Waals surface area contributed by atoms with E-state index in [-0.39, 0.29) is 0 Å². The summed E-state index contributed by atoms with van der Waals surface area (Å²) in [7, 11) is 0. The number of nitrogens with one attached hydrogen (secondary N) is 1. The molecular weight excluding hydrogens is 164 g/mol. The monoisotopic (exact) mass is 182 g/mol. The van der Waals surface area contributed by atoms with Crippen LogP contribution in [-0.4, -0.2) is 36.5 Å². The highest BCUT2D eigenvalue weighted by molar-refractivity contribution is 5.79. The smallest absolute Gasteiger partial charge is 0.0958 e. The predicted molar refractivity (Wildman–Crippen MR) is 52.1 cm³/mol. The Morgan fingerprint density at radius 2 is 2.31 bits per heavy atom. The predicted octanol–water partition coefficient (Wildman–Crippen LogP) is 1.63.